The van der Waals surface area contributed by atoms with Crippen molar-refractivity contribution in [3.8, 4) is 5.75 Å². The maximum absolute atomic E-state index is 12.9. The van der Waals surface area contributed by atoms with Crippen LogP contribution in [0.5, 0.6) is 5.75 Å². The van der Waals surface area contributed by atoms with E-state index in [1.807, 2.05) is 13.0 Å². The van der Waals surface area contributed by atoms with Crippen molar-refractivity contribution in [1.82, 2.24) is 0 Å². The number of hydrogen-bond acceptors (Lipinski definition) is 5. The van der Waals surface area contributed by atoms with Gasteiger partial charge in [0.05, 0.1) is 15.5 Å². The van der Waals surface area contributed by atoms with Crippen molar-refractivity contribution in [1.29, 1.82) is 0 Å². The van der Waals surface area contributed by atoms with E-state index in [1.165, 1.54) is 34.9 Å². The Balaban J connectivity index is 1.82. The van der Waals surface area contributed by atoms with E-state index in [2.05, 4.69) is 5.32 Å². The number of nitrogens with one attached hydrogen (secondary N) is 1. The maximum atomic E-state index is 12.9. The molecule has 0 atom stereocenters. The average Bonchev–Trinajstić information content (AvgIpc) is 3.12. The zero-order valence-electron chi connectivity index (χ0n) is 14.7. The Labute approximate surface area is 161 Å². The molecule has 27 heavy (non-hydrogen) atoms. The molecule has 1 heterocycles. The number of phenolic OH excluding ortho intramolecular Hbond substituents is 1. The van der Waals surface area contributed by atoms with Gasteiger partial charge in [-0.25, -0.2) is 8.42 Å². The average molecular weight is 402 g/mol. The highest BCUT2D eigenvalue weighted by Crippen LogP contribution is 2.27. The van der Waals surface area contributed by atoms with Crippen LogP contribution < -0.4 is 9.62 Å². The van der Waals surface area contributed by atoms with Crippen molar-refractivity contribution < 1.29 is 18.3 Å². The third-order valence-corrected chi connectivity index (χ3v) is 6.77. The summed E-state index contributed by atoms with van der Waals surface area (Å²) < 4.78 is 26.9. The van der Waals surface area contributed by atoms with Gasteiger partial charge < -0.3 is 10.4 Å². The van der Waals surface area contributed by atoms with Gasteiger partial charge in [0.15, 0.2) is 0 Å². The topological polar surface area (TPSA) is 86.7 Å². The Hall–Kier alpha value is -2.84. The third-order valence-electron chi connectivity index (χ3n) is 3.93. The quantitative estimate of drug-likeness (QED) is 0.679. The van der Waals surface area contributed by atoms with Crippen molar-refractivity contribution in [3.63, 3.8) is 0 Å². The molecule has 140 valence electrons. The highest BCUT2D eigenvalue weighted by Gasteiger charge is 2.24. The highest BCUT2D eigenvalue weighted by atomic mass is 32.2. The molecule has 1 amide bonds. The molecule has 0 aliphatic carbocycles. The largest absolute Gasteiger partial charge is 0.508 e. The van der Waals surface area contributed by atoms with Gasteiger partial charge in [-0.05, 0) is 42.8 Å². The van der Waals surface area contributed by atoms with E-state index >= 15 is 0 Å². The first kappa shape index (κ1) is 18.9. The normalized spacial score (nSPS) is 11.2. The van der Waals surface area contributed by atoms with Crippen molar-refractivity contribution in [2.24, 2.45) is 0 Å². The second-order valence-electron chi connectivity index (χ2n) is 5.96. The maximum Gasteiger partial charge on any atom is 0.265 e. The summed E-state index contributed by atoms with van der Waals surface area (Å²) >= 11 is 1.04. The summed E-state index contributed by atoms with van der Waals surface area (Å²) in [7, 11) is -2.30. The Morgan fingerprint density at radius 1 is 1.11 bits per heavy atom. The first-order valence-corrected chi connectivity index (χ1v) is 10.3. The van der Waals surface area contributed by atoms with Gasteiger partial charge in [-0.2, -0.15) is 0 Å². The summed E-state index contributed by atoms with van der Waals surface area (Å²) in [6, 6.07) is 14.7. The van der Waals surface area contributed by atoms with Crippen LogP contribution in [0.15, 0.2) is 64.9 Å². The Kier molecular flexibility index (Phi) is 5.20. The number of carbonyl (C=O) groups excluding carboxylic acids is 1. The zero-order chi connectivity index (χ0) is 19.6. The number of anilines is 2. The minimum Gasteiger partial charge on any atom is -0.508 e. The number of hydrogen-bond donors (Lipinski definition) is 2. The molecule has 0 aliphatic rings. The molecule has 3 rings (SSSR count). The fourth-order valence-corrected chi connectivity index (χ4v) is 4.81. The van der Waals surface area contributed by atoms with Gasteiger partial charge >= 0.3 is 0 Å². The number of benzene rings is 2. The molecule has 2 N–H and O–H groups in total. The molecule has 0 bridgehead atoms. The third kappa shape index (κ3) is 4.12. The lowest BCUT2D eigenvalue weighted by molar-refractivity contribution is 0.103. The summed E-state index contributed by atoms with van der Waals surface area (Å²) in [5.74, 6) is -0.410. The van der Waals surface area contributed by atoms with Gasteiger partial charge in [-0.15, -0.1) is 11.3 Å². The molecule has 0 unspecified atom stereocenters. The number of sulfonamides is 1. The molecule has 0 saturated heterocycles. The second-order valence-corrected chi connectivity index (χ2v) is 8.84. The van der Waals surface area contributed by atoms with Gasteiger partial charge in [0, 0.05) is 24.2 Å². The summed E-state index contributed by atoms with van der Waals surface area (Å²) in [4.78, 5) is 12.7. The first-order valence-electron chi connectivity index (χ1n) is 8.02. The number of rotatable bonds is 5. The predicted octanol–water partition coefficient (Wildman–Crippen LogP) is 3.84. The summed E-state index contributed by atoms with van der Waals surface area (Å²) in [5.41, 5.74) is 1.92. The van der Waals surface area contributed by atoms with Crippen molar-refractivity contribution in [2.75, 3.05) is 16.7 Å². The molecule has 8 heteroatoms. The Morgan fingerprint density at radius 3 is 2.56 bits per heavy atom. The lowest BCUT2D eigenvalue weighted by Gasteiger charge is -2.19. The summed E-state index contributed by atoms with van der Waals surface area (Å²) in [6.45, 7) is 1.89. The highest BCUT2D eigenvalue weighted by molar-refractivity contribution is 7.93. The van der Waals surface area contributed by atoms with Crippen LogP contribution in [-0.2, 0) is 10.0 Å². The van der Waals surface area contributed by atoms with Gasteiger partial charge in [-0.1, -0.05) is 18.2 Å². The molecular weight excluding hydrogens is 384 g/mol. The number of thiophene rings is 1. The summed E-state index contributed by atoms with van der Waals surface area (Å²) in [5, 5.41) is 13.5. The standard InChI is InChI=1S/C19H18N2O4S2/c1-13-5-3-7-15(9-13)21(2)27(24,25)17-11-18(26-12-17)19(23)20-14-6-4-8-16(22)10-14/h3-12,22H,1-2H3,(H,20,23). The number of nitrogens with zero attached hydrogens (tertiary/aromatic N) is 1. The SMILES string of the molecule is Cc1cccc(N(C)S(=O)(=O)c2csc(C(=O)Nc3cccc(O)c3)c2)c1. The van der Waals surface area contributed by atoms with Crippen molar-refractivity contribution in [2.45, 2.75) is 11.8 Å². The molecule has 6 nitrogen and oxygen atoms in total. The summed E-state index contributed by atoms with van der Waals surface area (Å²) in [6.07, 6.45) is 0. The van der Waals surface area contributed by atoms with Crippen LogP contribution in [0.2, 0.25) is 0 Å². The lowest BCUT2D eigenvalue weighted by atomic mass is 10.2. The van der Waals surface area contributed by atoms with Crippen molar-refractivity contribution >= 4 is 38.6 Å². The van der Waals surface area contributed by atoms with Gasteiger partial charge in [-0.3, -0.25) is 9.10 Å². The smallest absolute Gasteiger partial charge is 0.265 e. The van der Waals surface area contributed by atoms with Crippen molar-refractivity contribution in [3.05, 3.63) is 70.4 Å². The molecule has 3 aromatic rings. The number of amides is 1. The molecule has 0 saturated carbocycles. The van der Waals surface area contributed by atoms with E-state index in [0.29, 0.717) is 11.4 Å². The number of carbonyl (C=O) groups is 1. The van der Waals surface area contributed by atoms with Crippen LogP contribution in [-0.4, -0.2) is 26.5 Å². The Bertz CT molecular complexity index is 1090. The monoisotopic (exact) mass is 402 g/mol. The second kappa shape index (κ2) is 7.42. The lowest BCUT2D eigenvalue weighted by Crippen LogP contribution is -2.26. The molecule has 0 spiro atoms. The fraction of sp³-hybridized carbons (Fsp3) is 0.105. The van der Waals surface area contributed by atoms with E-state index in [9.17, 15) is 18.3 Å². The minimum absolute atomic E-state index is 0.0297. The first-order chi connectivity index (χ1) is 12.8. The van der Waals surface area contributed by atoms with Crippen LogP contribution in [0.1, 0.15) is 15.2 Å². The van der Waals surface area contributed by atoms with Crippen LogP contribution in [0.4, 0.5) is 11.4 Å². The molecule has 0 aliphatic heterocycles. The minimum atomic E-state index is -3.78. The van der Waals surface area contributed by atoms with E-state index in [4.69, 9.17) is 0 Å². The van der Waals surface area contributed by atoms with Crippen LogP contribution in [0.25, 0.3) is 0 Å². The van der Waals surface area contributed by atoms with Crippen LogP contribution in [0.3, 0.4) is 0 Å². The molecule has 1 aromatic heterocycles. The molecular formula is C19H18N2O4S2. The van der Waals surface area contributed by atoms with Crippen LogP contribution in [0, 0.1) is 6.92 Å². The van der Waals surface area contributed by atoms with E-state index in [1.54, 1.807) is 30.3 Å². The van der Waals surface area contributed by atoms with Gasteiger partial charge in [0.2, 0.25) is 0 Å². The van der Waals surface area contributed by atoms with E-state index in [0.717, 1.165) is 16.9 Å². The number of phenols is 1. The zero-order valence-corrected chi connectivity index (χ0v) is 16.3. The number of aryl methyl sites for hydroxylation is 1. The fourth-order valence-electron chi connectivity index (χ4n) is 2.47. The Morgan fingerprint density at radius 2 is 1.85 bits per heavy atom. The van der Waals surface area contributed by atoms with E-state index < -0.39 is 15.9 Å². The molecule has 0 radical (unpaired) electrons. The van der Waals surface area contributed by atoms with Crippen LogP contribution >= 0.6 is 11.3 Å². The number of aromatic hydroxyl groups is 1. The van der Waals surface area contributed by atoms with Gasteiger partial charge in [0.1, 0.15) is 5.75 Å². The predicted molar refractivity (Wildman–Crippen MR) is 107 cm³/mol. The van der Waals surface area contributed by atoms with Gasteiger partial charge in [0.25, 0.3) is 15.9 Å². The van der Waals surface area contributed by atoms with E-state index in [-0.39, 0.29) is 15.5 Å². The molecule has 2 aromatic carbocycles. The molecule has 0 fully saturated rings.